The van der Waals surface area contributed by atoms with E-state index in [4.69, 9.17) is 17.3 Å². The number of aromatic nitrogens is 1. The van der Waals surface area contributed by atoms with Crippen LogP contribution in [0.3, 0.4) is 0 Å². The van der Waals surface area contributed by atoms with E-state index >= 15 is 0 Å². The van der Waals surface area contributed by atoms with Crippen molar-refractivity contribution in [3.8, 4) is 0 Å². The van der Waals surface area contributed by atoms with Gasteiger partial charge in [-0.25, -0.2) is 0 Å². The first-order valence-corrected chi connectivity index (χ1v) is 4.72. The number of nitrogens with two attached hydrogens (primary N) is 1. The molecule has 0 aliphatic rings. The van der Waals surface area contributed by atoms with E-state index in [-0.39, 0.29) is 0 Å². The molecule has 0 aliphatic heterocycles. The molecule has 2 nitrogen and oxygen atoms in total. The van der Waals surface area contributed by atoms with E-state index in [0.29, 0.717) is 11.6 Å². The molecule has 0 fully saturated rings. The normalized spacial score (nSPS) is 10.9. The van der Waals surface area contributed by atoms with Gasteiger partial charge >= 0.3 is 0 Å². The van der Waals surface area contributed by atoms with Crippen molar-refractivity contribution >= 4 is 23.4 Å². The van der Waals surface area contributed by atoms with Gasteiger partial charge in [0.2, 0.25) is 0 Å². The second-order valence-corrected chi connectivity index (χ2v) is 3.23. The molecule has 2 N–H and O–H groups in total. The number of halogens is 1. The highest BCUT2D eigenvalue weighted by Crippen LogP contribution is 2.10. The Bertz CT molecular complexity index is 308. The molecule has 1 aromatic rings. The molecule has 0 aliphatic carbocycles. The molecule has 3 heteroatoms. The predicted molar refractivity (Wildman–Crippen MR) is 57.8 cm³/mol. The Labute approximate surface area is 83.4 Å². The second-order valence-electron chi connectivity index (χ2n) is 2.85. The summed E-state index contributed by atoms with van der Waals surface area (Å²) in [5.41, 5.74) is 8.32. The van der Waals surface area contributed by atoms with Gasteiger partial charge in [-0.15, -0.1) is 11.6 Å². The average Bonchev–Trinajstić information content (AvgIpc) is 2.09. The molecule has 0 spiro atoms. The first kappa shape index (κ1) is 10.1. The van der Waals surface area contributed by atoms with E-state index in [1.54, 1.807) is 6.20 Å². The van der Waals surface area contributed by atoms with Gasteiger partial charge in [0.1, 0.15) is 0 Å². The molecule has 0 atom stereocenters. The largest absolute Gasteiger partial charge is 0.397 e. The molecule has 13 heavy (non-hydrogen) atoms. The predicted octanol–water partition coefficient (Wildman–Crippen LogP) is 2.61. The lowest BCUT2D eigenvalue weighted by Gasteiger charge is -1.99. The maximum atomic E-state index is 5.57. The first-order chi connectivity index (χ1) is 6.24. The Kier molecular flexibility index (Phi) is 3.77. The van der Waals surface area contributed by atoms with Gasteiger partial charge in [-0.1, -0.05) is 6.08 Å². The van der Waals surface area contributed by atoms with Crippen LogP contribution in [-0.2, 0) is 0 Å². The fourth-order valence-electron chi connectivity index (χ4n) is 1.04. The first-order valence-electron chi connectivity index (χ1n) is 4.18. The zero-order valence-corrected chi connectivity index (χ0v) is 8.38. The Morgan fingerprint density at radius 3 is 3.00 bits per heavy atom. The summed E-state index contributed by atoms with van der Waals surface area (Å²) in [6.07, 6.45) is 6.51. The van der Waals surface area contributed by atoms with Crippen molar-refractivity contribution in [2.75, 3.05) is 11.6 Å². The number of nitrogen functional groups attached to an aromatic ring is 1. The number of anilines is 1. The number of pyridine rings is 1. The van der Waals surface area contributed by atoms with Gasteiger partial charge in [0.15, 0.2) is 0 Å². The number of alkyl halides is 1. The molecule has 1 rings (SSSR count). The highest BCUT2D eigenvalue weighted by Gasteiger charge is 1.94. The van der Waals surface area contributed by atoms with Crippen LogP contribution in [0.5, 0.6) is 0 Å². The van der Waals surface area contributed by atoms with Crippen molar-refractivity contribution in [2.45, 2.75) is 13.3 Å². The summed E-state index contributed by atoms with van der Waals surface area (Å²) in [6, 6.07) is 1.91. The maximum Gasteiger partial charge on any atom is 0.0657 e. The fraction of sp³-hybridized carbons (Fsp3) is 0.300. The van der Waals surface area contributed by atoms with Gasteiger partial charge in [0.25, 0.3) is 0 Å². The SMILES string of the molecule is Cc1cc(N)cnc1C=CCCCl. The van der Waals surface area contributed by atoms with Crippen LogP contribution in [0.4, 0.5) is 5.69 Å². The van der Waals surface area contributed by atoms with Gasteiger partial charge in [-0.05, 0) is 31.1 Å². The quantitative estimate of drug-likeness (QED) is 0.755. The van der Waals surface area contributed by atoms with Crippen LogP contribution in [0.2, 0.25) is 0 Å². The summed E-state index contributed by atoms with van der Waals surface area (Å²) in [5.74, 6) is 0.643. The van der Waals surface area contributed by atoms with Gasteiger partial charge in [0, 0.05) is 5.88 Å². The molecule has 0 bridgehead atoms. The van der Waals surface area contributed by atoms with Crippen LogP contribution in [0.15, 0.2) is 18.3 Å². The lowest BCUT2D eigenvalue weighted by molar-refractivity contribution is 1.21. The van der Waals surface area contributed by atoms with Gasteiger partial charge in [-0.2, -0.15) is 0 Å². The summed E-state index contributed by atoms with van der Waals surface area (Å²) in [5, 5.41) is 0. The maximum absolute atomic E-state index is 5.57. The number of hydrogen-bond donors (Lipinski definition) is 1. The molecule has 1 aromatic heterocycles. The zero-order valence-electron chi connectivity index (χ0n) is 7.63. The fourth-order valence-corrected chi connectivity index (χ4v) is 1.17. The molecule has 0 saturated heterocycles. The summed E-state index contributed by atoms with van der Waals surface area (Å²) in [6.45, 7) is 1.99. The van der Waals surface area contributed by atoms with E-state index in [9.17, 15) is 0 Å². The number of allylic oxidation sites excluding steroid dienone is 1. The smallest absolute Gasteiger partial charge is 0.0657 e. The highest BCUT2D eigenvalue weighted by atomic mass is 35.5. The minimum Gasteiger partial charge on any atom is -0.397 e. The van der Waals surface area contributed by atoms with Crippen LogP contribution in [0, 0.1) is 6.92 Å². The van der Waals surface area contributed by atoms with Crippen molar-refractivity contribution in [3.05, 3.63) is 29.6 Å². The molecule has 0 aromatic carbocycles. The number of rotatable bonds is 3. The summed E-state index contributed by atoms with van der Waals surface area (Å²) >= 11 is 5.54. The van der Waals surface area contributed by atoms with E-state index in [2.05, 4.69) is 4.98 Å². The topological polar surface area (TPSA) is 38.9 Å². The summed E-state index contributed by atoms with van der Waals surface area (Å²) < 4.78 is 0. The Morgan fingerprint density at radius 1 is 1.62 bits per heavy atom. The van der Waals surface area contributed by atoms with Crippen molar-refractivity contribution in [1.82, 2.24) is 4.98 Å². The van der Waals surface area contributed by atoms with E-state index in [0.717, 1.165) is 17.7 Å². The lowest BCUT2D eigenvalue weighted by atomic mass is 10.2. The van der Waals surface area contributed by atoms with Crippen LogP contribution >= 0.6 is 11.6 Å². The zero-order chi connectivity index (χ0) is 9.68. The summed E-state index contributed by atoms with van der Waals surface area (Å²) in [4.78, 5) is 4.19. The second kappa shape index (κ2) is 4.87. The van der Waals surface area contributed by atoms with E-state index < -0.39 is 0 Å². The molecule has 0 saturated carbocycles. The molecule has 0 radical (unpaired) electrons. The minimum absolute atomic E-state index is 0.643. The average molecular weight is 197 g/mol. The third-order valence-corrected chi connectivity index (χ3v) is 1.91. The number of aryl methyl sites for hydroxylation is 1. The number of hydrogen-bond acceptors (Lipinski definition) is 2. The highest BCUT2D eigenvalue weighted by molar-refractivity contribution is 6.17. The third kappa shape index (κ3) is 3.07. The van der Waals surface area contributed by atoms with Crippen molar-refractivity contribution < 1.29 is 0 Å². The van der Waals surface area contributed by atoms with Crippen LogP contribution in [-0.4, -0.2) is 10.9 Å². The van der Waals surface area contributed by atoms with Crippen molar-refractivity contribution in [1.29, 1.82) is 0 Å². The van der Waals surface area contributed by atoms with Crippen molar-refractivity contribution in [3.63, 3.8) is 0 Å². The van der Waals surface area contributed by atoms with Gasteiger partial charge in [-0.3, -0.25) is 4.98 Å². The molecule has 70 valence electrons. The summed E-state index contributed by atoms with van der Waals surface area (Å²) in [7, 11) is 0. The van der Waals surface area contributed by atoms with Crippen LogP contribution in [0.25, 0.3) is 6.08 Å². The molecule has 0 unspecified atom stereocenters. The van der Waals surface area contributed by atoms with Gasteiger partial charge < -0.3 is 5.73 Å². The Balaban J connectivity index is 2.77. The van der Waals surface area contributed by atoms with E-state index in [1.807, 2.05) is 25.1 Å². The lowest BCUT2D eigenvalue weighted by Crippen LogP contribution is -1.91. The van der Waals surface area contributed by atoms with Crippen LogP contribution < -0.4 is 5.73 Å². The minimum atomic E-state index is 0.643. The monoisotopic (exact) mass is 196 g/mol. The third-order valence-electron chi connectivity index (χ3n) is 1.69. The number of nitrogens with zero attached hydrogens (tertiary/aromatic N) is 1. The van der Waals surface area contributed by atoms with Crippen LogP contribution in [0.1, 0.15) is 17.7 Å². The Morgan fingerprint density at radius 2 is 2.38 bits per heavy atom. The molecular formula is C10H13ClN2. The standard InChI is InChI=1S/C10H13ClN2/c1-8-6-9(12)7-13-10(8)4-2-3-5-11/h2,4,6-7H,3,5,12H2,1H3. The van der Waals surface area contributed by atoms with Crippen molar-refractivity contribution in [2.24, 2.45) is 0 Å². The molecular weight excluding hydrogens is 184 g/mol. The molecule has 1 heterocycles. The molecule has 0 amide bonds. The Hall–Kier alpha value is -1.02. The van der Waals surface area contributed by atoms with E-state index in [1.165, 1.54) is 0 Å². The van der Waals surface area contributed by atoms with Gasteiger partial charge in [0.05, 0.1) is 17.6 Å².